The number of para-hydroxylation sites is 1. The van der Waals surface area contributed by atoms with Crippen LogP contribution in [0.3, 0.4) is 0 Å². The third kappa shape index (κ3) is 2.63. The Morgan fingerprint density at radius 3 is 2.49 bits per heavy atom. The Hall–Kier alpha value is -4.65. The van der Waals surface area contributed by atoms with E-state index in [0.717, 1.165) is 67.4 Å². The zero-order valence-electron chi connectivity index (χ0n) is 20.8. The van der Waals surface area contributed by atoms with E-state index in [-0.39, 0.29) is 6.71 Å². The number of methoxy groups -OCH3 is 1. The van der Waals surface area contributed by atoms with Crippen LogP contribution in [0.1, 0.15) is 5.56 Å². The number of nitrogens with zero attached hydrogens (tertiary/aromatic N) is 1. The Kier molecular flexibility index (Phi) is 4.00. The summed E-state index contributed by atoms with van der Waals surface area (Å²) in [5.41, 5.74) is 12.0. The number of benzene rings is 4. The van der Waals surface area contributed by atoms with Gasteiger partial charge in [-0.05, 0) is 47.6 Å². The molecule has 6 nitrogen and oxygen atoms in total. The van der Waals surface area contributed by atoms with Gasteiger partial charge in [0.1, 0.15) is 23.7 Å². The number of hydrogen-bond acceptors (Lipinski definition) is 4. The minimum atomic E-state index is 0.120. The summed E-state index contributed by atoms with van der Waals surface area (Å²) in [4.78, 5) is 3.39. The molecule has 2 aliphatic heterocycles. The van der Waals surface area contributed by atoms with Crippen molar-refractivity contribution >= 4 is 67.8 Å². The molecule has 0 bridgehead atoms. The summed E-state index contributed by atoms with van der Waals surface area (Å²) < 4.78 is 14.7. The van der Waals surface area contributed by atoms with Crippen molar-refractivity contribution in [2.45, 2.75) is 6.92 Å². The van der Waals surface area contributed by atoms with Gasteiger partial charge in [0, 0.05) is 33.4 Å². The maximum Gasteiger partial charge on any atom is 0.290 e. The number of aromatic amines is 1. The number of H-pyrrole nitrogens is 1. The molecule has 0 unspecified atom stereocenters. The van der Waals surface area contributed by atoms with Crippen molar-refractivity contribution in [3.8, 4) is 17.1 Å². The molecule has 4 heterocycles. The minimum absolute atomic E-state index is 0.120. The number of aryl methyl sites for hydroxylation is 1. The van der Waals surface area contributed by atoms with E-state index in [0.29, 0.717) is 0 Å². The van der Waals surface area contributed by atoms with Gasteiger partial charge in [-0.25, -0.2) is 9.55 Å². The van der Waals surface area contributed by atoms with E-state index in [2.05, 4.69) is 87.8 Å². The topological polar surface area (TPSA) is 66.1 Å². The normalized spacial score (nSPS) is 13.1. The van der Waals surface area contributed by atoms with Gasteiger partial charge in [-0.15, -0.1) is 0 Å². The summed E-state index contributed by atoms with van der Waals surface area (Å²) in [7, 11) is 3.76. The van der Waals surface area contributed by atoms with Crippen LogP contribution in [0.25, 0.3) is 33.3 Å². The third-order valence-corrected chi connectivity index (χ3v) is 8.01. The Balaban J connectivity index is 1.46. The molecule has 0 aliphatic carbocycles. The predicted molar refractivity (Wildman–Crippen MR) is 150 cm³/mol. The number of anilines is 4. The highest BCUT2D eigenvalue weighted by Crippen LogP contribution is 2.43. The van der Waals surface area contributed by atoms with E-state index < -0.39 is 0 Å². The predicted octanol–water partition coefficient (Wildman–Crippen LogP) is 4.35. The van der Waals surface area contributed by atoms with E-state index in [4.69, 9.17) is 9.15 Å². The van der Waals surface area contributed by atoms with Crippen LogP contribution in [-0.4, -0.2) is 18.8 Å². The van der Waals surface area contributed by atoms with Gasteiger partial charge in [0.15, 0.2) is 11.2 Å². The number of rotatable bonds is 2. The molecule has 0 fully saturated rings. The fourth-order valence-corrected chi connectivity index (χ4v) is 6.29. The second-order valence-electron chi connectivity index (χ2n) is 9.92. The van der Waals surface area contributed by atoms with Crippen molar-refractivity contribution in [2.24, 2.45) is 7.05 Å². The zero-order chi connectivity index (χ0) is 24.8. The SMILES string of the molecule is COc1cc2c(oc3c4c(ccc32)B2c3ccccc3Nc3cccc(c32)N4)c(-c2[nH]cc[n+]2C)c1C. The van der Waals surface area contributed by atoms with Gasteiger partial charge in [-0.3, -0.25) is 0 Å². The lowest BCUT2D eigenvalue weighted by atomic mass is 9.34. The summed E-state index contributed by atoms with van der Waals surface area (Å²) in [6.07, 6.45) is 3.95. The van der Waals surface area contributed by atoms with Gasteiger partial charge >= 0.3 is 0 Å². The summed E-state index contributed by atoms with van der Waals surface area (Å²) in [5, 5.41) is 9.48. The van der Waals surface area contributed by atoms with Gasteiger partial charge in [-0.1, -0.05) is 36.4 Å². The average Bonchev–Trinajstić information content (AvgIpc) is 3.51. The maximum atomic E-state index is 6.82. The van der Waals surface area contributed by atoms with Crippen molar-refractivity contribution < 1.29 is 13.7 Å². The lowest BCUT2D eigenvalue weighted by Crippen LogP contribution is -2.58. The Morgan fingerprint density at radius 2 is 1.68 bits per heavy atom. The van der Waals surface area contributed by atoms with E-state index >= 15 is 0 Å². The summed E-state index contributed by atoms with van der Waals surface area (Å²) in [6, 6.07) is 21.6. The molecular formula is C30H24BN4O2+. The monoisotopic (exact) mass is 483 g/mol. The Bertz CT molecular complexity index is 1920. The van der Waals surface area contributed by atoms with Crippen molar-refractivity contribution in [3.63, 3.8) is 0 Å². The van der Waals surface area contributed by atoms with E-state index in [9.17, 15) is 0 Å². The maximum absolute atomic E-state index is 6.82. The molecule has 2 aliphatic rings. The summed E-state index contributed by atoms with van der Waals surface area (Å²) in [5.74, 6) is 1.82. The van der Waals surface area contributed by atoms with Crippen LogP contribution in [0.4, 0.5) is 22.7 Å². The van der Waals surface area contributed by atoms with Gasteiger partial charge in [0.25, 0.3) is 12.5 Å². The highest BCUT2D eigenvalue weighted by atomic mass is 16.5. The van der Waals surface area contributed by atoms with Crippen molar-refractivity contribution in [1.82, 2.24) is 4.98 Å². The van der Waals surface area contributed by atoms with E-state index in [1.807, 2.05) is 19.4 Å². The molecule has 0 saturated heterocycles. The molecule has 3 N–H and O–H groups in total. The molecule has 0 spiro atoms. The molecular weight excluding hydrogens is 459 g/mol. The zero-order valence-corrected chi connectivity index (χ0v) is 20.8. The van der Waals surface area contributed by atoms with Crippen LogP contribution in [-0.2, 0) is 7.05 Å². The van der Waals surface area contributed by atoms with Gasteiger partial charge < -0.3 is 19.8 Å². The Morgan fingerprint density at radius 1 is 0.865 bits per heavy atom. The first kappa shape index (κ1) is 20.5. The first-order valence-electron chi connectivity index (χ1n) is 12.5. The van der Waals surface area contributed by atoms with Crippen LogP contribution in [0.15, 0.2) is 77.5 Å². The van der Waals surface area contributed by atoms with Crippen LogP contribution in [0.2, 0.25) is 0 Å². The second kappa shape index (κ2) is 7.20. The molecule has 178 valence electrons. The molecule has 37 heavy (non-hydrogen) atoms. The highest BCUT2D eigenvalue weighted by Gasteiger charge is 2.38. The fourth-order valence-electron chi connectivity index (χ4n) is 6.29. The minimum Gasteiger partial charge on any atom is -0.496 e. The van der Waals surface area contributed by atoms with Crippen LogP contribution < -0.4 is 36.3 Å². The first-order chi connectivity index (χ1) is 18.1. The number of ether oxygens (including phenoxy) is 1. The standard InChI is InChI=1S/C30H23BN4O2/c1-16-24(36-3)15-18-17-11-12-20-27(29(17)37-28(18)25(16)30-32-13-14-35(30)2)34-23-10-6-9-22-26(23)31(20)19-7-4-5-8-21(19)33-22/h4-15,33-34H,1-3H3/p+1. The summed E-state index contributed by atoms with van der Waals surface area (Å²) >= 11 is 0. The fraction of sp³-hybridized carbons (Fsp3) is 0.100. The molecule has 6 aromatic rings. The average molecular weight is 483 g/mol. The van der Waals surface area contributed by atoms with Gasteiger partial charge in [0.05, 0.1) is 19.8 Å². The Labute approximate surface area is 214 Å². The van der Waals surface area contributed by atoms with Gasteiger partial charge in [-0.2, -0.15) is 0 Å². The van der Waals surface area contributed by atoms with Gasteiger partial charge in [0.2, 0.25) is 0 Å². The number of furan rings is 1. The molecule has 0 amide bonds. The molecule has 0 saturated carbocycles. The third-order valence-electron chi connectivity index (χ3n) is 8.01. The second-order valence-corrected chi connectivity index (χ2v) is 9.92. The van der Waals surface area contributed by atoms with E-state index in [1.165, 1.54) is 16.4 Å². The molecule has 0 atom stereocenters. The molecule has 4 aromatic carbocycles. The highest BCUT2D eigenvalue weighted by molar-refractivity contribution is 7.00. The largest absolute Gasteiger partial charge is 0.496 e. The van der Waals surface area contributed by atoms with Crippen LogP contribution in [0.5, 0.6) is 5.75 Å². The van der Waals surface area contributed by atoms with Crippen molar-refractivity contribution in [2.75, 3.05) is 17.7 Å². The number of nitrogens with one attached hydrogen (secondary N) is 3. The van der Waals surface area contributed by atoms with E-state index in [1.54, 1.807) is 7.11 Å². The lowest BCUT2D eigenvalue weighted by molar-refractivity contribution is -0.658. The number of fused-ring (bicyclic) bond motifs is 8. The smallest absolute Gasteiger partial charge is 0.290 e. The van der Waals surface area contributed by atoms with Crippen LogP contribution >= 0.6 is 0 Å². The van der Waals surface area contributed by atoms with Crippen molar-refractivity contribution in [1.29, 1.82) is 0 Å². The number of hydrogen-bond donors (Lipinski definition) is 3. The molecule has 7 heteroatoms. The molecule has 2 aromatic heterocycles. The lowest BCUT2D eigenvalue weighted by Gasteiger charge is -2.34. The molecule has 8 rings (SSSR count). The first-order valence-corrected chi connectivity index (χ1v) is 12.5. The van der Waals surface area contributed by atoms with Crippen molar-refractivity contribution in [3.05, 3.63) is 78.6 Å². The number of aromatic nitrogens is 2. The quantitative estimate of drug-likeness (QED) is 0.253. The summed E-state index contributed by atoms with van der Waals surface area (Å²) in [6.45, 7) is 2.20. The van der Waals surface area contributed by atoms with Crippen LogP contribution in [0, 0.1) is 6.92 Å². The number of imidazole rings is 1. The molecule has 0 radical (unpaired) electrons.